The van der Waals surface area contributed by atoms with Crippen molar-refractivity contribution in [2.24, 2.45) is 5.14 Å². The van der Waals surface area contributed by atoms with Gasteiger partial charge in [0.2, 0.25) is 10.0 Å². The van der Waals surface area contributed by atoms with E-state index in [1.165, 1.54) is 17.0 Å². The highest BCUT2D eigenvalue weighted by molar-refractivity contribution is 7.89. The zero-order valence-electron chi connectivity index (χ0n) is 11.3. The van der Waals surface area contributed by atoms with E-state index in [4.69, 9.17) is 5.14 Å². The van der Waals surface area contributed by atoms with Gasteiger partial charge in [-0.25, -0.2) is 18.4 Å². The van der Waals surface area contributed by atoms with Crippen LogP contribution in [0.25, 0.3) is 0 Å². The average molecular weight is 285 g/mol. The summed E-state index contributed by atoms with van der Waals surface area (Å²) < 4.78 is 22.6. The van der Waals surface area contributed by atoms with Gasteiger partial charge in [-0.3, -0.25) is 0 Å². The minimum absolute atomic E-state index is 0.0427. The van der Waals surface area contributed by atoms with E-state index in [1.807, 2.05) is 13.8 Å². The van der Waals surface area contributed by atoms with Gasteiger partial charge in [-0.15, -0.1) is 0 Å². The first-order valence-corrected chi connectivity index (χ1v) is 7.45. The lowest BCUT2D eigenvalue weighted by molar-refractivity contribution is 0.195. The molecule has 0 bridgehead atoms. The van der Waals surface area contributed by atoms with Gasteiger partial charge in [0.1, 0.15) is 0 Å². The highest BCUT2D eigenvalue weighted by atomic mass is 32.2. The molecule has 1 aromatic carbocycles. The molecule has 0 heterocycles. The third-order valence-electron chi connectivity index (χ3n) is 2.90. The number of nitrogens with one attached hydrogen (secondary N) is 1. The van der Waals surface area contributed by atoms with Crippen LogP contribution >= 0.6 is 0 Å². The molecule has 0 aliphatic heterocycles. The van der Waals surface area contributed by atoms with E-state index in [9.17, 15) is 13.2 Å². The lowest BCUT2D eigenvalue weighted by Gasteiger charge is -2.25. The van der Waals surface area contributed by atoms with Crippen molar-refractivity contribution >= 4 is 16.1 Å². The fourth-order valence-corrected chi connectivity index (χ4v) is 2.20. The summed E-state index contributed by atoms with van der Waals surface area (Å²) in [5, 5.41) is 7.77. The number of carbonyl (C=O) groups excluding carboxylic acids is 1. The van der Waals surface area contributed by atoms with Gasteiger partial charge in [-0.05, 0) is 31.5 Å². The van der Waals surface area contributed by atoms with Crippen molar-refractivity contribution in [1.82, 2.24) is 10.2 Å². The number of nitrogens with zero attached hydrogens (tertiary/aromatic N) is 1. The summed E-state index contributed by atoms with van der Waals surface area (Å²) in [6.45, 7) is 4.18. The Balaban J connectivity index is 3.00. The van der Waals surface area contributed by atoms with Crippen molar-refractivity contribution in [1.29, 1.82) is 0 Å². The number of urea groups is 1. The smallest absolute Gasteiger partial charge is 0.317 e. The van der Waals surface area contributed by atoms with Gasteiger partial charge in [0.05, 0.1) is 10.9 Å². The second-order valence-corrected chi connectivity index (χ2v) is 5.80. The number of benzene rings is 1. The molecule has 0 aliphatic carbocycles. The summed E-state index contributed by atoms with van der Waals surface area (Å²) in [5.74, 6) is 0. The topological polar surface area (TPSA) is 92.5 Å². The molecule has 0 aliphatic rings. The van der Waals surface area contributed by atoms with E-state index >= 15 is 0 Å². The molecular formula is C12H19N3O3S. The lowest BCUT2D eigenvalue weighted by Crippen LogP contribution is -2.38. The second kappa shape index (κ2) is 6.03. The monoisotopic (exact) mass is 285 g/mol. The van der Waals surface area contributed by atoms with Crippen LogP contribution < -0.4 is 10.5 Å². The predicted octanol–water partition coefficient (Wildman–Crippen LogP) is 1.06. The van der Waals surface area contributed by atoms with Crippen molar-refractivity contribution < 1.29 is 13.2 Å². The molecule has 1 aromatic rings. The van der Waals surface area contributed by atoms with Crippen LogP contribution in [-0.4, -0.2) is 32.9 Å². The number of nitrogens with two attached hydrogens (primary N) is 1. The molecule has 2 amide bonds. The Bertz CT molecular complexity index is 557. The van der Waals surface area contributed by atoms with E-state index in [-0.39, 0.29) is 17.0 Å². The first-order chi connectivity index (χ1) is 8.77. The van der Waals surface area contributed by atoms with Crippen LogP contribution in [0, 0.1) is 0 Å². The largest absolute Gasteiger partial charge is 0.338 e. The number of hydrogen-bond donors (Lipinski definition) is 2. The van der Waals surface area contributed by atoms with E-state index in [0.29, 0.717) is 12.1 Å². The summed E-state index contributed by atoms with van der Waals surface area (Å²) in [5.41, 5.74) is 0.709. The molecule has 1 atom stereocenters. The van der Waals surface area contributed by atoms with Crippen molar-refractivity contribution in [3.63, 3.8) is 0 Å². The van der Waals surface area contributed by atoms with Crippen molar-refractivity contribution in [3.8, 4) is 0 Å². The van der Waals surface area contributed by atoms with Crippen LogP contribution in [0.1, 0.15) is 25.5 Å². The van der Waals surface area contributed by atoms with E-state index in [0.717, 1.165) is 0 Å². The van der Waals surface area contributed by atoms with Crippen LogP contribution in [0.5, 0.6) is 0 Å². The summed E-state index contributed by atoms with van der Waals surface area (Å²) in [7, 11) is -2.08. The van der Waals surface area contributed by atoms with Gasteiger partial charge in [0, 0.05) is 13.6 Å². The second-order valence-electron chi connectivity index (χ2n) is 4.24. The molecule has 1 rings (SSSR count). The van der Waals surface area contributed by atoms with Gasteiger partial charge in [-0.2, -0.15) is 0 Å². The average Bonchev–Trinajstić information content (AvgIpc) is 2.36. The maximum Gasteiger partial charge on any atom is 0.317 e. The molecule has 0 aromatic heterocycles. The molecule has 0 spiro atoms. The molecular weight excluding hydrogens is 266 g/mol. The van der Waals surface area contributed by atoms with Crippen molar-refractivity contribution in [2.75, 3.05) is 13.6 Å². The SMILES string of the molecule is CCNC(=O)N(C)C(C)c1cccc(S(N)(=O)=O)c1. The molecule has 0 saturated heterocycles. The predicted molar refractivity (Wildman–Crippen MR) is 73.1 cm³/mol. The maximum atomic E-state index is 11.7. The minimum Gasteiger partial charge on any atom is -0.338 e. The fraction of sp³-hybridized carbons (Fsp3) is 0.417. The summed E-state index contributed by atoms with van der Waals surface area (Å²) in [6.07, 6.45) is 0. The summed E-state index contributed by atoms with van der Waals surface area (Å²) in [4.78, 5) is 13.3. The molecule has 0 radical (unpaired) electrons. The van der Waals surface area contributed by atoms with E-state index < -0.39 is 10.0 Å². The van der Waals surface area contributed by atoms with Crippen LogP contribution in [0.3, 0.4) is 0 Å². The fourth-order valence-electron chi connectivity index (χ4n) is 1.63. The highest BCUT2D eigenvalue weighted by Crippen LogP contribution is 2.21. The third kappa shape index (κ3) is 3.93. The van der Waals surface area contributed by atoms with Crippen LogP contribution in [0.2, 0.25) is 0 Å². The Hall–Kier alpha value is -1.60. The molecule has 19 heavy (non-hydrogen) atoms. The standard InChI is InChI=1S/C12H19N3O3S/c1-4-14-12(16)15(3)9(2)10-6-5-7-11(8-10)19(13,17)18/h5-9H,4H2,1-3H3,(H,14,16)(H2,13,17,18). The van der Waals surface area contributed by atoms with Crippen LogP contribution in [0.4, 0.5) is 4.79 Å². The molecule has 1 unspecified atom stereocenters. The van der Waals surface area contributed by atoms with Gasteiger partial charge in [-0.1, -0.05) is 12.1 Å². The Morgan fingerprint density at radius 3 is 2.63 bits per heavy atom. The van der Waals surface area contributed by atoms with E-state index in [2.05, 4.69) is 5.32 Å². The van der Waals surface area contributed by atoms with E-state index in [1.54, 1.807) is 19.2 Å². The number of hydrogen-bond acceptors (Lipinski definition) is 3. The molecule has 0 fully saturated rings. The molecule has 3 N–H and O–H groups in total. The normalized spacial score (nSPS) is 12.8. The molecule has 6 nitrogen and oxygen atoms in total. The first kappa shape index (κ1) is 15.5. The van der Waals surface area contributed by atoms with Gasteiger partial charge >= 0.3 is 6.03 Å². The minimum atomic E-state index is -3.73. The Kier molecular flexibility index (Phi) is 4.90. The van der Waals surface area contributed by atoms with Crippen molar-refractivity contribution in [3.05, 3.63) is 29.8 Å². The Labute approximate surface area is 113 Å². The Morgan fingerprint density at radius 2 is 2.11 bits per heavy atom. The quantitative estimate of drug-likeness (QED) is 0.866. The number of sulfonamides is 1. The number of amides is 2. The molecule has 106 valence electrons. The lowest BCUT2D eigenvalue weighted by atomic mass is 10.1. The summed E-state index contributed by atoms with van der Waals surface area (Å²) in [6, 6.07) is 5.81. The summed E-state index contributed by atoms with van der Waals surface area (Å²) >= 11 is 0. The first-order valence-electron chi connectivity index (χ1n) is 5.90. The third-order valence-corrected chi connectivity index (χ3v) is 3.81. The molecule has 0 saturated carbocycles. The zero-order chi connectivity index (χ0) is 14.6. The number of carbonyl (C=O) groups is 1. The maximum absolute atomic E-state index is 11.7. The van der Waals surface area contributed by atoms with Gasteiger partial charge in [0.25, 0.3) is 0 Å². The number of primary sulfonamides is 1. The Morgan fingerprint density at radius 1 is 1.47 bits per heavy atom. The van der Waals surface area contributed by atoms with Crippen molar-refractivity contribution in [2.45, 2.75) is 24.8 Å². The van der Waals surface area contributed by atoms with Crippen LogP contribution in [-0.2, 0) is 10.0 Å². The highest BCUT2D eigenvalue weighted by Gasteiger charge is 2.18. The van der Waals surface area contributed by atoms with Gasteiger partial charge < -0.3 is 10.2 Å². The van der Waals surface area contributed by atoms with Gasteiger partial charge in [0.15, 0.2) is 0 Å². The number of rotatable bonds is 4. The van der Waals surface area contributed by atoms with Crippen LogP contribution in [0.15, 0.2) is 29.2 Å². The molecule has 7 heteroatoms. The zero-order valence-corrected chi connectivity index (χ0v) is 12.1.